The molecule has 0 aliphatic carbocycles. The lowest BCUT2D eigenvalue weighted by molar-refractivity contribution is 0.633. The first kappa shape index (κ1) is 18.5. The molecule has 0 amide bonds. The van der Waals surface area contributed by atoms with Gasteiger partial charge in [0.1, 0.15) is 0 Å². The molecule has 1 atom stereocenters. The average Bonchev–Trinajstić information content (AvgIpc) is 2.95. The molecular formula is C19H28N4S. The van der Waals surface area contributed by atoms with Gasteiger partial charge in [-0.15, -0.1) is 0 Å². The minimum atomic E-state index is 0.120. The van der Waals surface area contributed by atoms with Gasteiger partial charge in [0.05, 0.1) is 12.2 Å². The largest absolute Gasteiger partial charge is 0.356 e. The van der Waals surface area contributed by atoms with Gasteiger partial charge in [-0.1, -0.05) is 25.5 Å². The molecule has 0 aliphatic heterocycles. The fourth-order valence-corrected chi connectivity index (χ4v) is 3.08. The number of aromatic nitrogens is 2. The Hall–Kier alpha value is -1.88. The average molecular weight is 345 g/mol. The Morgan fingerprint density at radius 3 is 2.54 bits per heavy atom. The lowest BCUT2D eigenvalue weighted by Gasteiger charge is -2.17. The minimum absolute atomic E-state index is 0.120. The maximum atomic E-state index is 5.44. The first-order chi connectivity index (χ1) is 11.5. The topological polar surface area (TPSA) is 41.9 Å². The van der Waals surface area contributed by atoms with Crippen LogP contribution >= 0.6 is 12.2 Å². The summed E-state index contributed by atoms with van der Waals surface area (Å²) in [7, 11) is 0. The van der Waals surface area contributed by atoms with Crippen LogP contribution in [0.3, 0.4) is 0 Å². The van der Waals surface area contributed by atoms with Gasteiger partial charge < -0.3 is 10.6 Å². The van der Waals surface area contributed by atoms with Gasteiger partial charge in [0, 0.05) is 23.5 Å². The van der Waals surface area contributed by atoms with E-state index in [1.54, 1.807) is 0 Å². The number of thiocarbonyl (C=S) groups is 1. The van der Waals surface area contributed by atoms with Crippen molar-refractivity contribution in [2.45, 2.75) is 59.5 Å². The van der Waals surface area contributed by atoms with Gasteiger partial charge in [-0.3, -0.25) is 4.68 Å². The summed E-state index contributed by atoms with van der Waals surface area (Å²) < 4.78 is 2.00. The van der Waals surface area contributed by atoms with E-state index in [-0.39, 0.29) is 6.04 Å². The molecule has 4 nitrogen and oxygen atoms in total. The molecule has 0 saturated carbocycles. The molecule has 1 aromatic heterocycles. The summed E-state index contributed by atoms with van der Waals surface area (Å²) in [6, 6.07) is 8.63. The van der Waals surface area contributed by atoms with Crippen molar-refractivity contribution in [1.29, 1.82) is 0 Å². The SMILES string of the molecule is CCCCc1ccc(NC(=S)NC(C)c2cnn(CC)c2C)cc1. The third-order valence-corrected chi connectivity index (χ3v) is 4.51. The lowest BCUT2D eigenvalue weighted by atomic mass is 10.1. The van der Waals surface area contributed by atoms with Crippen LogP contribution in [-0.4, -0.2) is 14.9 Å². The summed E-state index contributed by atoms with van der Waals surface area (Å²) in [6.45, 7) is 9.39. The molecule has 0 bridgehead atoms. The molecule has 24 heavy (non-hydrogen) atoms. The van der Waals surface area contributed by atoms with E-state index in [4.69, 9.17) is 12.2 Å². The van der Waals surface area contributed by atoms with E-state index in [9.17, 15) is 0 Å². The first-order valence-corrected chi connectivity index (χ1v) is 9.14. The Morgan fingerprint density at radius 2 is 1.96 bits per heavy atom. The number of hydrogen-bond donors (Lipinski definition) is 2. The monoisotopic (exact) mass is 344 g/mol. The zero-order valence-corrected chi connectivity index (χ0v) is 15.9. The summed E-state index contributed by atoms with van der Waals surface area (Å²) in [6.07, 6.45) is 5.51. The molecule has 2 rings (SSSR count). The number of unbranched alkanes of at least 4 members (excludes halogenated alkanes) is 1. The van der Waals surface area contributed by atoms with Gasteiger partial charge >= 0.3 is 0 Å². The van der Waals surface area contributed by atoms with Gasteiger partial charge in [-0.25, -0.2) is 0 Å². The second kappa shape index (κ2) is 8.83. The second-order valence-corrected chi connectivity index (χ2v) is 6.53. The smallest absolute Gasteiger partial charge is 0.171 e. The fraction of sp³-hybridized carbons (Fsp3) is 0.474. The molecule has 2 aromatic rings. The van der Waals surface area contributed by atoms with Crippen molar-refractivity contribution in [1.82, 2.24) is 15.1 Å². The Bertz CT molecular complexity index is 661. The molecule has 0 saturated heterocycles. The molecule has 2 N–H and O–H groups in total. The zero-order chi connectivity index (χ0) is 17.5. The molecule has 1 heterocycles. The molecule has 5 heteroatoms. The second-order valence-electron chi connectivity index (χ2n) is 6.12. The van der Waals surface area contributed by atoms with Crippen LogP contribution in [-0.2, 0) is 13.0 Å². The van der Waals surface area contributed by atoms with Crippen LogP contribution in [0, 0.1) is 6.92 Å². The fourth-order valence-electron chi connectivity index (χ4n) is 2.78. The van der Waals surface area contributed by atoms with E-state index in [0.717, 1.165) is 18.7 Å². The van der Waals surface area contributed by atoms with E-state index in [2.05, 4.69) is 67.7 Å². The third kappa shape index (κ3) is 4.81. The maximum Gasteiger partial charge on any atom is 0.171 e. The quantitative estimate of drug-likeness (QED) is 0.720. The van der Waals surface area contributed by atoms with Crippen molar-refractivity contribution in [3.8, 4) is 0 Å². The summed E-state index contributed by atoms with van der Waals surface area (Å²) >= 11 is 5.44. The summed E-state index contributed by atoms with van der Waals surface area (Å²) in [5.74, 6) is 0. The van der Waals surface area contributed by atoms with Crippen LogP contribution in [0.1, 0.15) is 56.5 Å². The lowest BCUT2D eigenvalue weighted by Crippen LogP contribution is -2.31. The van der Waals surface area contributed by atoms with Crippen LogP contribution in [0.4, 0.5) is 5.69 Å². The molecule has 130 valence electrons. The number of rotatable bonds is 7. The minimum Gasteiger partial charge on any atom is -0.356 e. The number of anilines is 1. The molecule has 0 radical (unpaired) electrons. The van der Waals surface area contributed by atoms with E-state index < -0.39 is 0 Å². The highest BCUT2D eigenvalue weighted by Gasteiger charge is 2.13. The normalized spacial score (nSPS) is 12.0. The molecular weight excluding hydrogens is 316 g/mol. The van der Waals surface area contributed by atoms with Crippen molar-refractivity contribution < 1.29 is 0 Å². The number of aryl methyl sites for hydroxylation is 2. The highest BCUT2D eigenvalue weighted by Crippen LogP contribution is 2.17. The van der Waals surface area contributed by atoms with Crippen LogP contribution < -0.4 is 10.6 Å². The van der Waals surface area contributed by atoms with Crippen LogP contribution in [0.2, 0.25) is 0 Å². The van der Waals surface area contributed by atoms with Crippen LogP contribution in [0.5, 0.6) is 0 Å². The van der Waals surface area contributed by atoms with Gasteiger partial charge in [0.2, 0.25) is 0 Å². The van der Waals surface area contributed by atoms with E-state index >= 15 is 0 Å². The Balaban J connectivity index is 1.91. The third-order valence-electron chi connectivity index (χ3n) is 4.29. The van der Waals surface area contributed by atoms with Crippen LogP contribution in [0.15, 0.2) is 30.5 Å². The standard InChI is InChI=1S/C19H28N4S/c1-5-7-8-16-9-11-17(12-10-16)22-19(24)21-14(3)18-13-20-23(6-2)15(18)4/h9-14H,5-8H2,1-4H3,(H2,21,22,24). The maximum absolute atomic E-state index is 5.44. The predicted molar refractivity (Wildman–Crippen MR) is 105 cm³/mol. The number of nitrogens with one attached hydrogen (secondary N) is 2. The van der Waals surface area contributed by atoms with Gasteiger partial charge in [-0.05, 0) is 63.5 Å². The Kier molecular flexibility index (Phi) is 6.79. The zero-order valence-electron chi connectivity index (χ0n) is 15.1. The molecule has 1 unspecified atom stereocenters. The summed E-state index contributed by atoms with van der Waals surface area (Å²) in [5.41, 5.74) is 4.75. The van der Waals surface area contributed by atoms with Crippen molar-refractivity contribution in [2.75, 3.05) is 5.32 Å². The van der Waals surface area contributed by atoms with Gasteiger partial charge in [0.25, 0.3) is 0 Å². The van der Waals surface area contributed by atoms with Crippen molar-refractivity contribution in [3.05, 3.63) is 47.3 Å². The van der Waals surface area contributed by atoms with Crippen molar-refractivity contribution >= 4 is 23.0 Å². The Morgan fingerprint density at radius 1 is 1.25 bits per heavy atom. The molecule has 0 fully saturated rings. The number of hydrogen-bond acceptors (Lipinski definition) is 2. The predicted octanol–water partition coefficient (Wildman–Crippen LogP) is 4.60. The van der Waals surface area contributed by atoms with E-state index in [0.29, 0.717) is 5.11 Å². The number of benzene rings is 1. The summed E-state index contributed by atoms with van der Waals surface area (Å²) in [5, 5.41) is 11.6. The number of nitrogens with zero attached hydrogens (tertiary/aromatic N) is 2. The van der Waals surface area contributed by atoms with Crippen LogP contribution in [0.25, 0.3) is 0 Å². The van der Waals surface area contributed by atoms with Gasteiger partial charge in [0.15, 0.2) is 5.11 Å². The molecule has 0 spiro atoms. The Labute approximate surface area is 150 Å². The van der Waals surface area contributed by atoms with Gasteiger partial charge in [-0.2, -0.15) is 5.10 Å². The summed E-state index contributed by atoms with van der Waals surface area (Å²) in [4.78, 5) is 0. The van der Waals surface area contributed by atoms with Crippen molar-refractivity contribution in [3.63, 3.8) is 0 Å². The van der Waals surface area contributed by atoms with E-state index in [1.807, 2.05) is 10.9 Å². The van der Waals surface area contributed by atoms with E-state index in [1.165, 1.54) is 29.7 Å². The highest BCUT2D eigenvalue weighted by atomic mass is 32.1. The highest BCUT2D eigenvalue weighted by molar-refractivity contribution is 7.80. The molecule has 1 aromatic carbocycles. The molecule has 0 aliphatic rings. The van der Waals surface area contributed by atoms with Crippen molar-refractivity contribution in [2.24, 2.45) is 0 Å². The first-order valence-electron chi connectivity index (χ1n) is 8.73.